The van der Waals surface area contributed by atoms with Gasteiger partial charge in [-0.2, -0.15) is 0 Å². The minimum absolute atomic E-state index is 0.161. The van der Waals surface area contributed by atoms with Gasteiger partial charge in [-0.1, -0.05) is 0 Å². The molecule has 0 radical (unpaired) electrons. The molecule has 1 unspecified atom stereocenters. The number of nitrogens with zero attached hydrogens (tertiary/aromatic N) is 2. The Morgan fingerprint density at radius 2 is 2.00 bits per heavy atom. The molecule has 0 saturated carbocycles. The Balaban J connectivity index is 1.67. The van der Waals surface area contributed by atoms with Crippen molar-refractivity contribution in [3.63, 3.8) is 0 Å². The number of benzene rings is 1. The first-order chi connectivity index (χ1) is 10.3. The third kappa shape index (κ3) is 3.54. The molecular weight excluding hydrogens is 269 g/mol. The summed E-state index contributed by atoms with van der Waals surface area (Å²) < 4.78 is 19.2. The summed E-state index contributed by atoms with van der Waals surface area (Å²) in [6.45, 7) is 6.22. The van der Waals surface area contributed by atoms with Crippen molar-refractivity contribution in [3.05, 3.63) is 29.6 Å². The topological polar surface area (TPSA) is 41.7 Å². The highest BCUT2D eigenvalue weighted by Gasteiger charge is 2.29. The van der Waals surface area contributed by atoms with E-state index in [0.29, 0.717) is 12.6 Å². The van der Waals surface area contributed by atoms with Crippen LogP contribution in [-0.2, 0) is 11.2 Å². The van der Waals surface area contributed by atoms with Gasteiger partial charge in [-0.3, -0.25) is 4.90 Å². The van der Waals surface area contributed by atoms with E-state index in [4.69, 9.17) is 10.5 Å². The lowest BCUT2D eigenvalue weighted by Crippen LogP contribution is -2.44. The predicted molar refractivity (Wildman–Crippen MR) is 82.2 cm³/mol. The zero-order chi connectivity index (χ0) is 14.7. The van der Waals surface area contributed by atoms with E-state index in [9.17, 15) is 4.39 Å². The second kappa shape index (κ2) is 6.73. The zero-order valence-electron chi connectivity index (χ0n) is 12.4. The second-order valence-corrected chi connectivity index (χ2v) is 5.89. The third-order valence-corrected chi connectivity index (χ3v) is 4.47. The van der Waals surface area contributed by atoms with Crippen molar-refractivity contribution >= 4 is 5.69 Å². The molecule has 2 heterocycles. The summed E-state index contributed by atoms with van der Waals surface area (Å²) in [4.78, 5) is 4.80. The standard InChI is InChI=1S/C16H24FN3O/c17-14-9-13(1-3-18)10-16(11-14)20-4-2-15(12-20)19-5-7-21-8-6-19/h9-11,15H,1-8,12,18H2. The molecule has 0 bridgehead atoms. The SMILES string of the molecule is NCCc1cc(F)cc(N2CCC(N3CCOCC3)C2)c1. The molecule has 4 nitrogen and oxygen atoms in total. The lowest BCUT2D eigenvalue weighted by molar-refractivity contribution is 0.0209. The summed E-state index contributed by atoms with van der Waals surface area (Å²) in [6.07, 6.45) is 1.87. The fourth-order valence-corrected chi connectivity index (χ4v) is 3.34. The molecule has 1 aromatic rings. The highest BCUT2D eigenvalue weighted by atomic mass is 19.1. The predicted octanol–water partition coefficient (Wildman–Crippen LogP) is 1.24. The van der Waals surface area contributed by atoms with Gasteiger partial charge in [0.25, 0.3) is 0 Å². The van der Waals surface area contributed by atoms with Crippen LogP contribution in [0.3, 0.4) is 0 Å². The van der Waals surface area contributed by atoms with Gasteiger partial charge < -0.3 is 15.4 Å². The van der Waals surface area contributed by atoms with Crippen LogP contribution in [-0.4, -0.2) is 56.9 Å². The number of hydrogen-bond donors (Lipinski definition) is 1. The average molecular weight is 293 g/mol. The molecule has 2 fully saturated rings. The molecule has 2 N–H and O–H groups in total. The van der Waals surface area contributed by atoms with E-state index in [-0.39, 0.29) is 5.82 Å². The Hall–Kier alpha value is -1.17. The molecule has 1 atom stereocenters. The van der Waals surface area contributed by atoms with Crippen molar-refractivity contribution in [3.8, 4) is 0 Å². The van der Waals surface area contributed by atoms with Crippen LogP contribution in [0, 0.1) is 5.82 Å². The molecule has 116 valence electrons. The highest BCUT2D eigenvalue weighted by molar-refractivity contribution is 5.50. The number of rotatable bonds is 4. The van der Waals surface area contributed by atoms with Crippen molar-refractivity contribution in [2.45, 2.75) is 18.9 Å². The molecule has 2 aliphatic heterocycles. The molecule has 0 spiro atoms. The molecule has 2 saturated heterocycles. The first kappa shape index (κ1) is 14.8. The monoisotopic (exact) mass is 293 g/mol. The van der Waals surface area contributed by atoms with E-state index in [1.165, 1.54) is 0 Å². The fourth-order valence-electron chi connectivity index (χ4n) is 3.34. The van der Waals surface area contributed by atoms with Crippen molar-refractivity contribution in [2.24, 2.45) is 5.73 Å². The van der Waals surface area contributed by atoms with Crippen LogP contribution >= 0.6 is 0 Å². The molecule has 0 amide bonds. The van der Waals surface area contributed by atoms with Crippen molar-refractivity contribution in [2.75, 3.05) is 50.8 Å². The molecule has 21 heavy (non-hydrogen) atoms. The summed E-state index contributed by atoms with van der Waals surface area (Å²) >= 11 is 0. The van der Waals surface area contributed by atoms with Crippen LogP contribution in [0.1, 0.15) is 12.0 Å². The first-order valence-corrected chi connectivity index (χ1v) is 7.82. The van der Waals surface area contributed by atoms with Gasteiger partial charge in [-0.05, 0) is 43.1 Å². The number of ether oxygens (including phenoxy) is 1. The van der Waals surface area contributed by atoms with Crippen molar-refractivity contribution in [1.82, 2.24) is 4.90 Å². The lowest BCUT2D eigenvalue weighted by Gasteiger charge is -2.32. The number of halogens is 1. The van der Waals surface area contributed by atoms with Gasteiger partial charge in [-0.15, -0.1) is 0 Å². The molecule has 1 aromatic carbocycles. The van der Waals surface area contributed by atoms with Crippen LogP contribution in [0.15, 0.2) is 18.2 Å². The maximum Gasteiger partial charge on any atom is 0.125 e. The summed E-state index contributed by atoms with van der Waals surface area (Å²) in [6, 6.07) is 5.88. The van der Waals surface area contributed by atoms with E-state index in [1.54, 1.807) is 12.1 Å². The Morgan fingerprint density at radius 1 is 1.19 bits per heavy atom. The number of hydrogen-bond acceptors (Lipinski definition) is 4. The highest BCUT2D eigenvalue weighted by Crippen LogP contribution is 2.25. The largest absolute Gasteiger partial charge is 0.379 e. The number of morpholine rings is 1. The lowest BCUT2D eigenvalue weighted by atomic mass is 10.1. The average Bonchev–Trinajstić information content (AvgIpc) is 2.98. The van der Waals surface area contributed by atoms with Crippen LogP contribution in [0.2, 0.25) is 0 Å². The van der Waals surface area contributed by atoms with Crippen LogP contribution < -0.4 is 10.6 Å². The van der Waals surface area contributed by atoms with E-state index >= 15 is 0 Å². The van der Waals surface area contributed by atoms with Gasteiger partial charge in [0.2, 0.25) is 0 Å². The van der Waals surface area contributed by atoms with Gasteiger partial charge in [-0.25, -0.2) is 4.39 Å². The summed E-state index contributed by atoms with van der Waals surface area (Å²) in [5.41, 5.74) is 7.56. The van der Waals surface area contributed by atoms with Crippen molar-refractivity contribution < 1.29 is 9.13 Å². The first-order valence-electron chi connectivity index (χ1n) is 7.82. The minimum atomic E-state index is -0.161. The maximum atomic E-state index is 13.8. The quantitative estimate of drug-likeness (QED) is 0.907. The molecule has 0 aliphatic carbocycles. The zero-order valence-corrected chi connectivity index (χ0v) is 12.4. The van der Waals surface area contributed by atoms with Gasteiger partial charge in [0.05, 0.1) is 13.2 Å². The Labute approximate surface area is 125 Å². The van der Waals surface area contributed by atoms with Gasteiger partial charge >= 0.3 is 0 Å². The van der Waals surface area contributed by atoms with E-state index in [2.05, 4.69) is 15.9 Å². The molecule has 0 aromatic heterocycles. The van der Waals surface area contributed by atoms with Gasteiger partial charge in [0.15, 0.2) is 0 Å². The minimum Gasteiger partial charge on any atom is -0.379 e. The van der Waals surface area contributed by atoms with Crippen LogP contribution in [0.25, 0.3) is 0 Å². The van der Waals surface area contributed by atoms with E-state index in [1.807, 2.05) is 0 Å². The normalized spacial score (nSPS) is 23.7. The van der Waals surface area contributed by atoms with E-state index < -0.39 is 0 Å². The number of anilines is 1. The Bertz CT molecular complexity index is 477. The second-order valence-electron chi connectivity index (χ2n) is 5.89. The summed E-state index contributed by atoms with van der Waals surface area (Å²) in [5, 5.41) is 0. The van der Waals surface area contributed by atoms with Crippen LogP contribution in [0.5, 0.6) is 0 Å². The van der Waals surface area contributed by atoms with Crippen molar-refractivity contribution in [1.29, 1.82) is 0 Å². The fraction of sp³-hybridized carbons (Fsp3) is 0.625. The Kier molecular flexibility index (Phi) is 4.73. The summed E-state index contributed by atoms with van der Waals surface area (Å²) in [7, 11) is 0. The number of nitrogens with two attached hydrogens (primary N) is 1. The van der Waals surface area contributed by atoms with Gasteiger partial charge in [0.1, 0.15) is 5.82 Å². The Morgan fingerprint density at radius 3 is 2.76 bits per heavy atom. The molecular formula is C16H24FN3O. The summed E-state index contributed by atoms with van der Waals surface area (Å²) in [5.74, 6) is -0.161. The molecule has 5 heteroatoms. The third-order valence-electron chi connectivity index (χ3n) is 4.47. The molecule has 2 aliphatic rings. The smallest absolute Gasteiger partial charge is 0.125 e. The van der Waals surface area contributed by atoms with E-state index in [0.717, 1.165) is 63.5 Å². The molecule has 3 rings (SSSR count). The van der Waals surface area contributed by atoms with Gasteiger partial charge in [0, 0.05) is 37.9 Å². The maximum absolute atomic E-state index is 13.8. The van der Waals surface area contributed by atoms with Crippen LogP contribution in [0.4, 0.5) is 10.1 Å².